The van der Waals surface area contributed by atoms with Gasteiger partial charge in [-0.25, -0.2) is 4.79 Å². The molecule has 0 amide bonds. The van der Waals surface area contributed by atoms with Crippen molar-refractivity contribution >= 4 is 5.97 Å². The third-order valence-electron chi connectivity index (χ3n) is 2.72. The van der Waals surface area contributed by atoms with Crippen molar-refractivity contribution in [2.45, 2.75) is 51.9 Å². The van der Waals surface area contributed by atoms with Gasteiger partial charge in [0, 0.05) is 6.61 Å². The minimum atomic E-state index is -0.882. The van der Waals surface area contributed by atoms with E-state index in [1.54, 1.807) is 0 Å². The average Bonchev–Trinajstić information content (AvgIpc) is 2.48. The van der Waals surface area contributed by atoms with Gasteiger partial charge >= 0.3 is 24.8 Å². The summed E-state index contributed by atoms with van der Waals surface area (Å²) in [6.07, 6.45) is 8.62. The summed E-state index contributed by atoms with van der Waals surface area (Å²) in [6.45, 7) is 2.63. The van der Waals surface area contributed by atoms with Gasteiger partial charge in [-0.1, -0.05) is 45.4 Å². The molecule has 0 saturated heterocycles. The van der Waals surface area contributed by atoms with E-state index in [4.69, 9.17) is 9.84 Å². The van der Waals surface area contributed by atoms with Crippen LogP contribution in [0.15, 0.2) is 30.3 Å². The number of benzene rings is 1. The van der Waals surface area contributed by atoms with Crippen molar-refractivity contribution in [2.24, 2.45) is 0 Å². The summed E-state index contributed by atoms with van der Waals surface area (Å²) in [7, 11) is 0. The molecule has 3 nitrogen and oxygen atoms in total. The molecule has 0 unspecified atom stereocenters. The van der Waals surface area contributed by atoms with Crippen LogP contribution in [0, 0.1) is 6.07 Å². The number of rotatable bonds is 10. The first kappa shape index (κ1) is 22.5. The van der Waals surface area contributed by atoms with Gasteiger partial charge < -0.3 is 9.84 Å². The van der Waals surface area contributed by atoms with E-state index in [1.807, 2.05) is 30.3 Å². The molecule has 0 atom stereocenters. The molecule has 0 aliphatic rings. The molecule has 1 aromatic carbocycles. The summed E-state index contributed by atoms with van der Waals surface area (Å²) >= 11 is 0. The van der Waals surface area contributed by atoms with E-state index < -0.39 is 5.97 Å². The Morgan fingerprint density at radius 3 is 2.00 bits per heavy atom. The Hall–Kier alpha value is -0.753. The molecule has 0 heterocycles. The second-order valence-electron chi connectivity index (χ2n) is 4.64. The van der Waals surface area contributed by atoms with E-state index in [0.717, 1.165) is 12.8 Å². The first-order valence-electron chi connectivity index (χ1n) is 7.48. The fourth-order valence-corrected chi connectivity index (χ4v) is 1.66. The summed E-state index contributed by atoms with van der Waals surface area (Å²) in [4.78, 5) is 10.1. The van der Waals surface area contributed by atoms with Gasteiger partial charge in [0.05, 0.1) is 0 Å². The zero-order valence-electron chi connectivity index (χ0n) is 13.5. The zero-order chi connectivity index (χ0) is 14.9. The third kappa shape index (κ3) is 21.7. The van der Waals surface area contributed by atoms with Gasteiger partial charge in [0.2, 0.25) is 0 Å². The van der Waals surface area contributed by atoms with E-state index in [2.05, 4.69) is 13.0 Å². The summed E-state index contributed by atoms with van der Waals surface area (Å²) in [6, 6.07) is 12.5. The minimum Gasteiger partial charge on any atom is -0.480 e. The van der Waals surface area contributed by atoms with Gasteiger partial charge in [0.25, 0.3) is 0 Å². The molecule has 0 fully saturated rings. The monoisotopic (exact) mass is 286 g/mol. The van der Waals surface area contributed by atoms with Crippen LogP contribution in [0.3, 0.4) is 0 Å². The topological polar surface area (TPSA) is 46.5 Å². The van der Waals surface area contributed by atoms with Crippen LogP contribution < -0.4 is 18.9 Å². The molecule has 0 radical (unpaired) electrons. The smallest absolute Gasteiger partial charge is 0.480 e. The predicted molar refractivity (Wildman–Crippen MR) is 81.7 cm³/mol. The predicted octanol–water partition coefficient (Wildman–Crippen LogP) is 1.33. The first-order chi connectivity index (χ1) is 9.77. The van der Waals surface area contributed by atoms with Crippen LogP contribution in [-0.2, 0) is 9.53 Å². The minimum absolute atomic E-state index is 0. The first-order valence-corrected chi connectivity index (χ1v) is 7.48. The van der Waals surface area contributed by atoms with Crippen molar-refractivity contribution in [2.75, 3.05) is 13.2 Å². The van der Waals surface area contributed by atoms with E-state index in [0.29, 0.717) is 6.61 Å². The Kier molecular flexibility index (Phi) is 20.6. The molecular weight excluding hydrogens is 259 g/mol. The number of ether oxygens (including phenoxy) is 1. The van der Waals surface area contributed by atoms with E-state index in [9.17, 15) is 4.79 Å². The number of hydrogen-bond acceptors (Lipinski definition) is 2. The number of carboxylic acids is 1. The number of aliphatic carboxylic acids is 1. The van der Waals surface area contributed by atoms with Crippen LogP contribution in [0.5, 0.6) is 0 Å². The van der Waals surface area contributed by atoms with Gasteiger partial charge in [0.1, 0.15) is 6.61 Å². The molecule has 1 N–H and O–H groups in total. The van der Waals surface area contributed by atoms with Gasteiger partial charge in [-0.05, 0) is 6.42 Å². The zero-order valence-corrected chi connectivity index (χ0v) is 13.5. The number of carbonyl (C=O) groups is 1. The van der Waals surface area contributed by atoms with Crippen molar-refractivity contribution in [3.8, 4) is 0 Å². The molecule has 0 aliphatic heterocycles. The van der Waals surface area contributed by atoms with Crippen LogP contribution in [0.2, 0.25) is 0 Å². The molecule has 114 valence electrons. The second-order valence-corrected chi connectivity index (χ2v) is 4.64. The van der Waals surface area contributed by atoms with Crippen molar-refractivity contribution in [1.82, 2.24) is 0 Å². The molecule has 0 aromatic heterocycles. The molecule has 0 aliphatic carbocycles. The van der Waals surface area contributed by atoms with Crippen LogP contribution in [0.1, 0.15) is 51.9 Å². The Balaban J connectivity index is 0. The fraction of sp³-hybridized carbons (Fsp3) is 0.588. The Morgan fingerprint density at radius 1 is 1.00 bits per heavy atom. The third-order valence-corrected chi connectivity index (χ3v) is 2.72. The molecule has 1 aromatic rings. The normalized spacial score (nSPS) is 9.19. The van der Waals surface area contributed by atoms with Crippen LogP contribution in [0.4, 0.5) is 0 Å². The van der Waals surface area contributed by atoms with Crippen LogP contribution in [0.25, 0.3) is 0 Å². The van der Waals surface area contributed by atoms with Crippen molar-refractivity contribution in [3.63, 3.8) is 0 Å². The van der Waals surface area contributed by atoms with Crippen LogP contribution in [-0.4, -0.2) is 24.3 Å². The second kappa shape index (κ2) is 19.2. The summed E-state index contributed by atoms with van der Waals surface area (Å²) in [5, 5.41) is 8.29. The van der Waals surface area contributed by atoms with Crippen molar-refractivity contribution in [3.05, 3.63) is 36.4 Å². The quantitative estimate of drug-likeness (QED) is 0.401. The maximum atomic E-state index is 10.1. The van der Waals surface area contributed by atoms with E-state index >= 15 is 0 Å². The van der Waals surface area contributed by atoms with E-state index in [1.165, 1.54) is 32.1 Å². The van der Waals surface area contributed by atoms with Gasteiger partial charge in [-0.2, -0.15) is 36.4 Å². The number of unbranched alkanes of at least 4 members (excludes halogenated alkanes) is 6. The Bertz CT molecular complexity index is 277. The molecule has 4 heteroatoms. The summed E-state index contributed by atoms with van der Waals surface area (Å²) in [5.41, 5.74) is 0. The molecule has 21 heavy (non-hydrogen) atoms. The summed E-state index contributed by atoms with van der Waals surface area (Å²) in [5.74, 6) is -0.882. The largest absolute Gasteiger partial charge is 1.00 e. The van der Waals surface area contributed by atoms with Gasteiger partial charge in [-0.3, -0.25) is 0 Å². The number of carboxylic acid groups (broad SMARTS) is 1. The van der Waals surface area contributed by atoms with Crippen LogP contribution >= 0.6 is 0 Å². The fourth-order valence-electron chi connectivity index (χ4n) is 1.66. The van der Waals surface area contributed by atoms with Gasteiger partial charge in [-0.15, -0.1) is 0 Å². The van der Waals surface area contributed by atoms with E-state index in [-0.39, 0.29) is 25.5 Å². The SMILES string of the molecule is CCCCCCCCCOCC(=O)O.[Li+].[c-]1ccccc1. The molecular formula is C17H27LiO3. The molecule has 1 rings (SSSR count). The Labute approximate surface area is 141 Å². The van der Waals surface area contributed by atoms with Crippen molar-refractivity contribution in [1.29, 1.82) is 0 Å². The maximum absolute atomic E-state index is 10.1. The Morgan fingerprint density at radius 2 is 1.57 bits per heavy atom. The van der Waals surface area contributed by atoms with Gasteiger partial charge in [0.15, 0.2) is 0 Å². The number of hydrogen-bond donors (Lipinski definition) is 1. The van der Waals surface area contributed by atoms with Crippen molar-refractivity contribution < 1.29 is 33.5 Å². The molecule has 0 bridgehead atoms. The summed E-state index contributed by atoms with van der Waals surface area (Å²) < 4.78 is 4.92. The molecule has 0 spiro atoms. The maximum Gasteiger partial charge on any atom is 1.00 e. The average molecular weight is 286 g/mol. The molecule has 0 saturated carbocycles. The standard InChI is InChI=1S/C11H22O3.C6H5.Li/c1-2-3-4-5-6-7-8-9-14-10-11(12)13;1-2-4-6-5-3-1;/h2-10H2,1H3,(H,12,13);1-5H;/q;-1;+1.